The monoisotopic (exact) mass is 1380 g/mol. The van der Waals surface area contributed by atoms with Crippen LogP contribution in [0.2, 0.25) is 0 Å². The zero-order chi connectivity index (χ0) is 77.0. The van der Waals surface area contributed by atoms with Crippen molar-refractivity contribution in [3.63, 3.8) is 0 Å². The average Bonchev–Trinajstić information content (AvgIpc) is 0.871. The number of allylic oxidation sites excluding steroid dienone is 6. The molecule has 12 nitrogen and oxygen atoms in total. The maximum atomic E-state index is 4.63. The Balaban J connectivity index is 0.000000593. The molecule has 0 amide bonds. The van der Waals surface area contributed by atoms with Gasteiger partial charge in [-0.3, -0.25) is 30.0 Å². The van der Waals surface area contributed by atoms with Gasteiger partial charge in [0.2, 0.25) is 0 Å². The summed E-state index contributed by atoms with van der Waals surface area (Å²) >= 11 is 0. The minimum absolute atomic E-state index is 0.187. The van der Waals surface area contributed by atoms with Gasteiger partial charge in [-0.1, -0.05) is 265 Å². The highest BCUT2D eigenvalue weighted by Crippen LogP contribution is 2.35. The summed E-state index contributed by atoms with van der Waals surface area (Å²) in [7, 11) is 0. The van der Waals surface area contributed by atoms with E-state index in [1.807, 2.05) is 161 Å². The third kappa shape index (κ3) is 28.9. The fraction of sp³-hybridized carbons (Fsp3) is 0.400. The largest absolute Gasteiger partial charge is 0.348 e. The average molecular weight is 1380 g/mol. The zero-order valence-electron chi connectivity index (χ0n) is 68.5. The van der Waals surface area contributed by atoms with E-state index in [9.17, 15) is 0 Å². The second-order valence-corrected chi connectivity index (χ2v) is 23.8. The lowest BCUT2D eigenvalue weighted by Gasteiger charge is -2.23. The molecule has 6 atom stereocenters. The molecule has 0 saturated carbocycles. The van der Waals surface area contributed by atoms with Crippen LogP contribution in [0, 0.1) is 0 Å². The molecule has 0 aromatic heterocycles. The summed E-state index contributed by atoms with van der Waals surface area (Å²) in [6.45, 7) is 61.4. The normalized spacial score (nSPS) is 18.9. The van der Waals surface area contributed by atoms with Gasteiger partial charge in [-0.2, -0.15) is 0 Å². The number of nitrogens with one attached hydrogen (secondary N) is 6. The number of hydrogen-bond donors (Lipinski definition) is 6. The first kappa shape index (κ1) is 90.6. The van der Waals surface area contributed by atoms with Gasteiger partial charge in [-0.05, 0) is 191 Å². The van der Waals surface area contributed by atoms with Gasteiger partial charge in [0, 0.05) is 34.2 Å². The standard InChI is InChI=1S/6C13H16N2.6C2H6/c6*1-9-10(2)14-11(3)15-13(9)12-7-5-4-6-8-12;6*1-2/h6*4-8,13H,1-3H3,(H,14,15);6*1-2H3. The number of aliphatic imine (C=N–C) groups is 6. The topological polar surface area (TPSA) is 146 Å². The maximum absolute atomic E-state index is 4.63. The summed E-state index contributed by atoms with van der Waals surface area (Å²) in [5, 5.41) is 19.5. The Kier molecular flexibility index (Phi) is 44.4. The first-order valence-corrected chi connectivity index (χ1v) is 37.3. The van der Waals surface area contributed by atoms with E-state index in [1.165, 1.54) is 101 Å². The van der Waals surface area contributed by atoms with Crippen molar-refractivity contribution in [3.05, 3.63) is 283 Å². The fourth-order valence-electron chi connectivity index (χ4n) is 11.1. The lowest BCUT2D eigenvalue weighted by molar-refractivity contribution is 0.779. The highest BCUT2D eigenvalue weighted by atomic mass is 15.1. The summed E-state index contributed by atoms with van der Waals surface area (Å²) in [5.41, 5.74) is 22.7. The van der Waals surface area contributed by atoms with Gasteiger partial charge in [0.15, 0.2) is 0 Å². The van der Waals surface area contributed by atoms with Crippen LogP contribution in [0.15, 0.2) is 280 Å². The summed E-state index contributed by atoms with van der Waals surface area (Å²) in [6, 6.07) is 63.6. The summed E-state index contributed by atoms with van der Waals surface area (Å²) in [5.74, 6) is 5.96. The third-order valence-electron chi connectivity index (χ3n) is 16.8. The van der Waals surface area contributed by atoms with Crippen molar-refractivity contribution in [2.45, 2.75) is 244 Å². The quantitative estimate of drug-likeness (QED) is 0.0979. The van der Waals surface area contributed by atoms with Crippen LogP contribution in [0.3, 0.4) is 0 Å². The number of rotatable bonds is 6. The van der Waals surface area contributed by atoms with Gasteiger partial charge in [0.1, 0.15) is 0 Å². The van der Waals surface area contributed by atoms with Crippen LogP contribution >= 0.6 is 0 Å². The van der Waals surface area contributed by atoms with E-state index in [0.717, 1.165) is 35.0 Å². The van der Waals surface area contributed by atoms with Crippen LogP contribution in [0.4, 0.5) is 0 Å². The molecule has 6 heterocycles. The maximum Gasteiger partial charge on any atom is 0.0996 e. The smallest absolute Gasteiger partial charge is 0.0996 e. The highest BCUT2D eigenvalue weighted by molar-refractivity contribution is 5.85. The molecule has 6 aromatic rings. The molecule has 0 spiro atoms. The minimum atomic E-state index is 0.187. The SMILES string of the molecule is CC.CC.CC.CC.CC.CC.CC1=NC(c2ccccc2)C(C)=C(C)N1.CC1=NC(c2ccccc2)C(C)=C(C)N1.CC1=NC(c2ccccc2)C(C)=C(C)N1.CC1=NC(c2ccccc2)C(C)=C(C)N1.CC1=NC(c2ccccc2)C(C)=C(C)N1.CC1=NC(c2ccccc2)C(C)=C(C)N1. The van der Waals surface area contributed by atoms with Crippen molar-refractivity contribution >= 4 is 35.0 Å². The second-order valence-electron chi connectivity index (χ2n) is 23.8. The van der Waals surface area contributed by atoms with Crippen LogP contribution in [0.5, 0.6) is 0 Å². The Labute approximate surface area is 620 Å². The Morgan fingerprint density at radius 3 is 0.363 bits per heavy atom. The molecule has 552 valence electrons. The number of hydrogen-bond acceptors (Lipinski definition) is 12. The van der Waals surface area contributed by atoms with Crippen molar-refractivity contribution in [3.8, 4) is 0 Å². The van der Waals surface area contributed by atoms with E-state index in [1.54, 1.807) is 0 Å². The van der Waals surface area contributed by atoms with Crippen LogP contribution in [0.1, 0.15) is 277 Å². The molecule has 0 saturated heterocycles. The summed E-state index contributed by atoms with van der Waals surface area (Å²) in [4.78, 5) is 27.8. The van der Waals surface area contributed by atoms with E-state index in [0.29, 0.717) is 0 Å². The second kappa shape index (κ2) is 50.0. The van der Waals surface area contributed by atoms with Gasteiger partial charge >= 0.3 is 0 Å². The minimum Gasteiger partial charge on any atom is -0.348 e. The number of benzene rings is 6. The Morgan fingerprint density at radius 2 is 0.265 bits per heavy atom. The van der Waals surface area contributed by atoms with Crippen LogP contribution in [-0.2, 0) is 0 Å². The predicted molar refractivity (Wildman–Crippen MR) is 451 cm³/mol. The summed E-state index contributed by atoms with van der Waals surface area (Å²) < 4.78 is 0. The Morgan fingerprint density at radius 1 is 0.167 bits per heavy atom. The van der Waals surface area contributed by atoms with Crippen molar-refractivity contribution in [2.75, 3.05) is 0 Å². The molecule has 0 aliphatic carbocycles. The van der Waals surface area contributed by atoms with Crippen LogP contribution in [-0.4, -0.2) is 35.0 Å². The van der Waals surface area contributed by atoms with Gasteiger partial charge in [-0.25, -0.2) is 0 Å². The molecule has 12 heteroatoms. The molecule has 6 aliphatic heterocycles. The first-order chi connectivity index (χ1) is 49.1. The van der Waals surface area contributed by atoms with Gasteiger partial charge in [0.05, 0.1) is 71.3 Å². The fourth-order valence-corrected chi connectivity index (χ4v) is 11.1. The van der Waals surface area contributed by atoms with E-state index >= 15 is 0 Å². The molecular weight excluding hydrogens is 1250 g/mol. The molecule has 6 aliphatic rings. The van der Waals surface area contributed by atoms with Crippen LogP contribution < -0.4 is 31.9 Å². The number of nitrogens with zero attached hydrogens (tertiary/aromatic N) is 6. The molecule has 12 rings (SSSR count). The van der Waals surface area contributed by atoms with Crippen LogP contribution in [0.25, 0.3) is 0 Å². The molecule has 6 N–H and O–H groups in total. The third-order valence-corrected chi connectivity index (χ3v) is 16.8. The molecule has 0 fully saturated rings. The van der Waals surface area contributed by atoms with Crippen molar-refractivity contribution in [1.82, 2.24) is 31.9 Å². The molecule has 0 radical (unpaired) electrons. The zero-order valence-corrected chi connectivity index (χ0v) is 68.5. The lowest BCUT2D eigenvalue weighted by atomic mass is 9.98. The predicted octanol–water partition coefficient (Wildman–Crippen LogP) is 24.4. The Hall–Kier alpha value is -9.42. The molecule has 6 aromatic carbocycles. The van der Waals surface area contributed by atoms with E-state index in [4.69, 9.17) is 0 Å². The lowest BCUT2D eigenvalue weighted by Crippen LogP contribution is -2.25. The van der Waals surface area contributed by atoms with Gasteiger partial charge in [0.25, 0.3) is 0 Å². The van der Waals surface area contributed by atoms with E-state index in [-0.39, 0.29) is 36.3 Å². The number of amidine groups is 6. The molecule has 102 heavy (non-hydrogen) atoms. The van der Waals surface area contributed by atoms with Crippen molar-refractivity contribution < 1.29 is 0 Å². The Bertz CT molecular complexity index is 3140. The molecular formula is C90H132N12. The highest BCUT2D eigenvalue weighted by Gasteiger charge is 2.24. The van der Waals surface area contributed by atoms with E-state index < -0.39 is 0 Å². The van der Waals surface area contributed by atoms with Crippen molar-refractivity contribution in [2.24, 2.45) is 30.0 Å². The first-order valence-electron chi connectivity index (χ1n) is 37.3. The van der Waals surface area contributed by atoms with E-state index in [2.05, 4.69) is 291 Å². The molecule has 6 unspecified atom stereocenters. The van der Waals surface area contributed by atoms with Gasteiger partial charge < -0.3 is 31.9 Å². The molecule has 0 bridgehead atoms. The van der Waals surface area contributed by atoms with Gasteiger partial charge in [-0.15, -0.1) is 0 Å². The van der Waals surface area contributed by atoms with Crippen molar-refractivity contribution in [1.29, 1.82) is 0 Å². The summed E-state index contributed by atoms with van der Waals surface area (Å²) in [6.07, 6.45) is 0.